The molecule has 5 nitrogen and oxygen atoms in total. The van der Waals surface area contributed by atoms with Gasteiger partial charge in [0.1, 0.15) is 5.69 Å². The summed E-state index contributed by atoms with van der Waals surface area (Å²) >= 11 is 0. The molecule has 0 aromatic carbocycles. The quantitative estimate of drug-likeness (QED) is 0.860. The Labute approximate surface area is 114 Å². The summed E-state index contributed by atoms with van der Waals surface area (Å²) in [6, 6.07) is 2.40. The summed E-state index contributed by atoms with van der Waals surface area (Å²) in [4.78, 5) is 12.2. The van der Waals surface area contributed by atoms with Crippen molar-refractivity contribution in [2.24, 2.45) is 7.05 Å². The summed E-state index contributed by atoms with van der Waals surface area (Å²) < 4.78 is 1.66. The van der Waals surface area contributed by atoms with Gasteiger partial charge in [-0.3, -0.25) is 9.48 Å². The highest BCUT2D eigenvalue weighted by molar-refractivity contribution is 5.92. The Kier molecular flexibility index (Phi) is 4.58. The third-order valence-electron chi connectivity index (χ3n) is 3.84. The van der Waals surface area contributed by atoms with E-state index < -0.39 is 0 Å². The van der Waals surface area contributed by atoms with E-state index in [2.05, 4.69) is 22.7 Å². The van der Waals surface area contributed by atoms with Crippen LogP contribution in [0.25, 0.3) is 0 Å². The standard InChI is InChI=1S/C14H24N4O/c1-4-11-9-13(18(3)17-11)14(19)16-10(2)12-7-5-6-8-15-12/h9-10,12,15H,4-8H2,1-3H3,(H,16,19). The Balaban J connectivity index is 1.97. The highest BCUT2D eigenvalue weighted by atomic mass is 16.2. The maximum absolute atomic E-state index is 12.2. The average molecular weight is 264 g/mol. The Morgan fingerprint density at radius 3 is 3.00 bits per heavy atom. The van der Waals surface area contributed by atoms with Crippen LogP contribution in [-0.4, -0.2) is 34.3 Å². The van der Waals surface area contributed by atoms with Gasteiger partial charge in [-0.15, -0.1) is 0 Å². The van der Waals surface area contributed by atoms with E-state index in [9.17, 15) is 4.79 Å². The maximum atomic E-state index is 12.2. The fourth-order valence-corrected chi connectivity index (χ4v) is 2.60. The van der Waals surface area contributed by atoms with Crippen LogP contribution in [0, 0.1) is 0 Å². The molecule has 5 heteroatoms. The van der Waals surface area contributed by atoms with Gasteiger partial charge in [0.25, 0.3) is 5.91 Å². The van der Waals surface area contributed by atoms with E-state index >= 15 is 0 Å². The van der Waals surface area contributed by atoms with E-state index in [1.54, 1.807) is 4.68 Å². The smallest absolute Gasteiger partial charge is 0.269 e. The van der Waals surface area contributed by atoms with Crippen LogP contribution in [0.5, 0.6) is 0 Å². The van der Waals surface area contributed by atoms with Gasteiger partial charge in [-0.2, -0.15) is 5.10 Å². The second kappa shape index (κ2) is 6.19. The summed E-state index contributed by atoms with van der Waals surface area (Å²) in [6.07, 6.45) is 4.45. The minimum Gasteiger partial charge on any atom is -0.347 e. The first-order chi connectivity index (χ1) is 9.11. The number of hydrogen-bond acceptors (Lipinski definition) is 3. The number of aromatic nitrogens is 2. The molecule has 2 heterocycles. The van der Waals surface area contributed by atoms with Crippen molar-refractivity contribution in [3.8, 4) is 0 Å². The molecule has 1 saturated heterocycles. The molecule has 19 heavy (non-hydrogen) atoms. The number of piperidine rings is 1. The zero-order valence-corrected chi connectivity index (χ0v) is 12.1. The van der Waals surface area contributed by atoms with Gasteiger partial charge >= 0.3 is 0 Å². The summed E-state index contributed by atoms with van der Waals surface area (Å²) in [5.74, 6) is -0.0328. The molecule has 1 fully saturated rings. The number of hydrogen-bond donors (Lipinski definition) is 2. The third kappa shape index (κ3) is 3.35. The van der Waals surface area contributed by atoms with Crippen LogP contribution in [0.2, 0.25) is 0 Å². The minimum atomic E-state index is -0.0328. The second-order valence-electron chi connectivity index (χ2n) is 5.32. The summed E-state index contributed by atoms with van der Waals surface area (Å²) in [7, 11) is 1.82. The van der Waals surface area contributed by atoms with Crippen LogP contribution in [0.3, 0.4) is 0 Å². The lowest BCUT2D eigenvalue weighted by Crippen LogP contribution is -2.50. The Bertz CT molecular complexity index is 435. The largest absolute Gasteiger partial charge is 0.347 e. The molecule has 1 aliphatic heterocycles. The molecular weight excluding hydrogens is 240 g/mol. The fourth-order valence-electron chi connectivity index (χ4n) is 2.60. The SMILES string of the molecule is CCc1cc(C(=O)NC(C)C2CCCCN2)n(C)n1. The molecule has 1 aromatic rings. The molecule has 2 rings (SSSR count). The predicted molar refractivity (Wildman–Crippen MR) is 75.2 cm³/mol. The molecule has 1 aromatic heterocycles. The van der Waals surface area contributed by atoms with Gasteiger partial charge in [-0.05, 0) is 38.8 Å². The van der Waals surface area contributed by atoms with E-state index in [4.69, 9.17) is 0 Å². The van der Waals surface area contributed by atoms with Crippen molar-refractivity contribution >= 4 is 5.91 Å². The van der Waals surface area contributed by atoms with E-state index in [1.165, 1.54) is 12.8 Å². The number of nitrogens with one attached hydrogen (secondary N) is 2. The van der Waals surface area contributed by atoms with E-state index in [-0.39, 0.29) is 11.9 Å². The van der Waals surface area contributed by atoms with Crippen molar-refractivity contribution in [1.29, 1.82) is 0 Å². The van der Waals surface area contributed by atoms with Crippen molar-refractivity contribution in [3.63, 3.8) is 0 Å². The van der Waals surface area contributed by atoms with Crippen LogP contribution < -0.4 is 10.6 Å². The summed E-state index contributed by atoms with van der Waals surface area (Å²) in [6.45, 7) is 5.16. The molecule has 2 unspecified atom stereocenters. The van der Waals surface area contributed by atoms with Crippen molar-refractivity contribution < 1.29 is 4.79 Å². The lowest BCUT2D eigenvalue weighted by atomic mass is 9.99. The van der Waals surface area contributed by atoms with E-state index in [0.717, 1.165) is 25.1 Å². The molecule has 0 saturated carbocycles. The normalized spacial score (nSPS) is 21.1. The molecule has 1 aliphatic rings. The highest BCUT2D eigenvalue weighted by Crippen LogP contribution is 2.11. The predicted octanol–water partition coefficient (Wildman–Crippen LogP) is 1.24. The average Bonchev–Trinajstić information content (AvgIpc) is 2.81. The highest BCUT2D eigenvalue weighted by Gasteiger charge is 2.22. The van der Waals surface area contributed by atoms with Gasteiger partial charge in [-0.1, -0.05) is 13.3 Å². The van der Waals surface area contributed by atoms with Gasteiger partial charge in [0.2, 0.25) is 0 Å². The van der Waals surface area contributed by atoms with Gasteiger partial charge in [0.15, 0.2) is 0 Å². The first-order valence-electron chi connectivity index (χ1n) is 7.19. The van der Waals surface area contributed by atoms with E-state index in [1.807, 2.05) is 20.0 Å². The van der Waals surface area contributed by atoms with Crippen molar-refractivity contribution in [1.82, 2.24) is 20.4 Å². The van der Waals surface area contributed by atoms with E-state index in [0.29, 0.717) is 11.7 Å². The van der Waals surface area contributed by atoms with Crippen LogP contribution in [-0.2, 0) is 13.5 Å². The van der Waals surface area contributed by atoms with Gasteiger partial charge in [0, 0.05) is 19.1 Å². The number of carbonyl (C=O) groups excluding carboxylic acids is 1. The van der Waals surface area contributed by atoms with Crippen molar-refractivity contribution in [2.45, 2.75) is 51.6 Å². The first kappa shape index (κ1) is 14.1. The van der Waals surface area contributed by atoms with Gasteiger partial charge < -0.3 is 10.6 Å². The van der Waals surface area contributed by atoms with Crippen LogP contribution in [0.4, 0.5) is 0 Å². The molecule has 0 radical (unpaired) electrons. The third-order valence-corrected chi connectivity index (χ3v) is 3.84. The topological polar surface area (TPSA) is 59.0 Å². The molecule has 1 amide bonds. The van der Waals surface area contributed by atoms with Crippen LogP contribution in [0.1, 0.15) is 49.3 Å². The lowest BCUT2D eigenvalue weighted by Gasteiger charge is -2.29. The zero-order chi connectivity index (χ0) is 13.8. The molecule has 106 valence electrons. The van der Waals surface area contributed by atoms with Gasteiger partial charge in [-0.25, -0.2) is 0 Å². The number of carbonyl (C=O) groups is 1. The first-order valence-corrected chi connectivity index (χ1v) is 7.19. The monoisotopic (exact) mass is 264 g/mol. The molecule has 2 atom stereocenters. The molecule has 0 spiro atoms. The maximum Gasteiger partial charge on any atom is 0.269 e. The van der Waals surface area contributed by atoms with Crippen molar-refractivity contribution in [2.75, 3.05) is 6.54 Å². The molecular formula is C14H24N4O. The Morgan fingerprint density at radius 2 is 2.42 bits per heavy atom. The zero-order valence-electron chi connectivity index (χ0n) is 12.1. The fraction of sp³-hybridized carbons (Fsp3) is 0.714. The summed E-state index contributed by atoms with van der Waals surface area (Å²) in [5, 5.41) is 10.9. The van der Waals surface area contributed by atoms with Crippen LogP contribution >= 0.6 is 0 Å². The van der Waals surface area contributed by atoms with Crippen LogP contribution in [0.15, 0.2) is 6.07 Å². The number of amides is 1. The molecule has 0 bridgehead atoms. The van der Waals surface area contributed by atoms with Gasteiger partial charge in [0.05, 0.1) is 5.69 Å². The number of nitrogens with zero attached hydrogens (tertiary/aromatic N) is 2. The second-order valence-corrected chi connectivity index (χ2v) is 5.32. The minimum absolute atomic E-state index is 0.0328. The number of rotatable bonds is 4. The molecule has 0 aliphatic carbocycles. The Morgan fingerprint density at radius 1 is 1.63 bits per heavy atom. The van der Waals surface area contributed by atoms with Crippen molar-refractivity contribution in [3.05, 3.63) is 17.5 Å². The summed E-state index contributed by atoms with van der Waals surface area (Å²) in [5.41, 5.74) is 1.59. The molecule has 2 N–H and O–H groups in total. The number of aryl methyl sites for hydroxylation is 2. The lowest BCUT2D eigenvalue weighted by molar-refractivity contribution is 0.0918. The Hall–Kier alpha value is -1.36.